The maximum Gasteiger partial charge on any atom is 0.268 e. The van der Waals surface area contributed by atoms with Gasteiger partial charge in [-0.2, -0.15) is 5.26 Å². The van der Waals surface area contributed by atoms with Crippen LogP contribution in [0.2, 0.25) is 0 Å². The van der Waals surface area contributed by atoms with E-state index in [9.17, 15) is 23.6 Å². The Morgan fingerprint density at radius 2 is 2.00 bits per heavy atom. The molecule has 6 nitrogen and oxygen atoms in total. The highest BCUT2D eigenvalue weighted by molar-refractivity contribution is 6.02. The van der Waals surface area contributed by atoms with Crippen LogP contribution >= 0.6 is 0 Å². The highest BCUT2D eigenvalue weighted by Gasteiger charge is 2.56. The number of carbonyl (C=O) groups is 2. The van der Waals surface area contributed by atoms with Gasteiger partial charge in [0.2, 0.25) is 5.91 Å². The van der Waals surface area contributed by atoms with Gasteiger partial charge in [-0.3, -0.25) is 14.6 Å². The van der Waals surface area contributed by atoms with Crippen molar-refractivity contribution in [2.75, 3.05) is 13.1 Å². The summed E-state index contributed by atoms with van der Waals surface area (Å²) in [5.41, 5.74) is 0.126. The number of pyridine rings is 1. The third-order valence-electron chi connectivity index (χ3n) is 5.10. The van der Waals surface area contributed by atoms with Crippen molar-refractivity contribution >= 4 is 11.8 Å². The van der Waals surface area contributed by atoms with Crippen molar-refractivity contribution in [1.29, 1.82) is 5.26 Å². The van der Waals surface area contributed by atoms with Crippen molar-refractivity contribution < 1.29 is 18.4 Å². The van der Waals surface area contributed by atoms with Gasteiger partial charge in [0.1, 0.15) is 5.54 Å². The van der Waals surface area contributed by atoms with E-state index in [4.69, 9.17) is 0 Å². The molecule has 1 aliphatic rings. The molecule has 0 saturated carbocycles. The number of alkyl halides is 2. The van der Waals surface area contributed by atoms with E-state index in [-0.39, 0.29) is 6.42 Å². The lowest BCUT2D eigenvalue weighted by Crippen LogP contribution is -2.49. The maximum absolute atomic E-state index is 13.9. The summed E-state index contributed by atoms with van der Waals surface area (Å²) in [4.78, 5) is 30.2. The molecule has 1 aromatic heterocycles. The highest BCUT2D eigenvalue weighted by Crippen LogP contribution is 2.41. The number of hydrogen-bond acceptors (Lipinski definition) is 4. The normalized spacial score (nSPS) is 20.1. The lowest BCUT2D eigenvalue weighted by molar-refractivity contribution is -0.133. The van der Waals surface area contributed by atoms with Crippen LogP contribution in [0.1, 0.15) is 30.1 Å². The van der Waals surface area contributed by atoms with Gasteiger partial charge in [-0.05, 0) is 18.1 Å². The van der Waals surface area contributed by atoms with Crippen molar-refractivity contribution in [1.82, 2.24) is 15.2 Å². The van der Waals surface area contributed by atoms with Crippen molar-refractivity contribution in [3.05, 3.63) is 54.4 Å². The molecule has 2 heterocycles. The summed E-state index contributed by atoms with van der Waals surface area (Å²) < 4.78 is 27.8. The van der Waals surface area contributed by atoms with Gasteiger partial charge in [-0.25, -0.2) is 8.78 Å². The fourth-order valence-electron chi connectivity index (χ4n) is 3.57. The monoisotopic (exact) mass is 398 g/mol. The van der Waals surface area contributed by atoms with E-state index < -0.39 is 42.8 Å². The van der Waals surface area contributed by atoms with Gasteiger partial charge in [0.05, 0.1) is 24.7 Å². The fraction of sp³-hybridized carbons (Fsp3) is 0.333. The lowest BCUT2D eigenvalue weighted by atomic mass is 9.94. The molecule has 1 aliphatic heterocycles. The molecule has 1 aromatic carbocycles. The molecule has 1 unspecified atom stereocenters. The fourth-order valence-corrected chi connectivity index (χ4v) is 3.57. The van der Waals surface area contributed by atoms with Crippen molar-refractivity contribution in [2.45, 2.75) is 31.2 Å². The number of carbonyl (C=O) groups excluding carboxylic acids is 2. The molecule has 29 heavy (non-hydrogen) atoms. The predicted molar refractivity (Wildman–Crippen MR) is 102 cm³/mol. The minimum atomic E-state index is -3.13. The smallest absolute Gasteiger partial charge is 0.268 e. The molecule has 1 fully saturated rings. The number of aromatic nitrogens is 1. The average molecular weight is 398 g/mol. The summed E-state index contributed by atoms with van der Waals surface area (Å²) in [6, 6.07) is 12.5. The van der Waals surface area contributed by atoms with Crippen molar-refractivity contribution in [3.8, 4) is 17.2 Å². The summed E-state index contributed by atoms with van der Waals surface area (Å²) in [7, 11) is 0. The molecule has 0 radical (unpaired) electrons. The molecule has 1 saturated heterocycles. The Labute approximate surface area is 167 Å². The molecule has 3 rings (SSSR count). The van der Waals surface area contributed by atoms with Gasteiger partial charge >= 0.3 is 0 Å². The zero-order valence-corrected chi connectivity index (χ0v) is 15.9. The zero-order valence-electron chi connectivity index (χ0n) is 15.9. The summed E-state index contributed by atoms with van der Waals surface area (Å²) in [6.45, 7) is 0.287. The Kier molecular flexibility index (Phi) is 5.59. The number of halogens is 2. The second kappa shape index (κ2) is 7.95. The average Bonchev–Trinajstić information content (AvgIpc) is 3.03. The third kappa shape index (κ3) is 4.09. The lowest BCUT2D eigenvalue weighted by Gasteiger charge is -2.30. The van der Waals surface area contributed by atoms with E-state index in [1.165, 1.54) is 12.3 Å². The molecule has 0 aliphatic carbocycles. The number of hydrogen-bond donors (Lipinski definition) is 1. The Hall–Kier alpha value is -3.34. The minimum Gasteiger partial charge on any atom is -0.343 e. The van der Waals surface area contributed by atoms with E-state index in [2.05, 4.69) is 10.3 Å². The molecule has 150 valence electrons. The van der Waals surface area contributed by atoms with Crippen molar-refractivity contribution in [2.24, 2.45) is 0 Å². The quantitative estimate of drug-likeness (QED) is 0.839. The number of nitrogens with zero attached hydrogens (tertiary/aromatic N) is 3. The first-order chi connectivity index (χ1) is 13.8. The maximum atomic E-state index is 13.9. The summed E-state index contributed by atoms with van der Waals surface area (Å²) >= 11 is 0. The molecule has 1 atom stereocenters. The van der Waals surface area contributed by atoms with Gasteiger partial charge in [-0.15, -0.1) is 0 Å². The van der Waals surface area contributed by atoms with E-state index in [1.807, 2.05) is 36.4 Å². The number of rotatable bonds is 5. The van der Waals surface area contributed by atoms with Crippen LogP contribution in [-0.2, 0) is 4.79 Å². The standard InChI is InChI=1S/C21H20F2N4O2/c1-2-20(13-24)12-21(22,23)14-27(20)18(28)11-26-19(29)16-8-9-25-10-17(16)15-6-4-3-5-7-15/h3-10H,2,11-12,14H2,1H3,(H,26,29). The van der Waals surface area contributed by atoms with Gasteiger partial charge in [0.15, 0.2) is 0 Å². The van der Waals surface area contributed by atoms with Crippen LogP contribution < -0.4 is 5.32 Å². The van der Waals surface area contributed by atoms with Crippen molar-refractivity contribution in [3.63, 3.8) is 0 Å². The summed E-state index contributed by atoms with van der Waals surface area (Å²) in [5.74, 6) is -4.37. The van der Waals surface area contributed by atoms with Crippen LogP contribution in [0, 0.1) is 11.3 Å². The first-order valence-corrected chi connectivity index (χ1v) is 9.19. The highest BCUT2D eigenvalue weighted by atomic mass is 19.3. The molecular weight excluding hydrogens is 378 g/mol. The molecule has 8 heteroatoms. The van der Waals surface area contributed by atoms with Gasteiger partial charge in [-0.1, -0.05) is 37.3 Å². The van der Waals surface area contributed by atoms with E-state index in [0.717, 1.165) is 10.5 Å². The molecule has 0 spiro atoms. The Bertz CT molecular complexity index is 959. The van der Waals surface area contributed by atoms with E-state index in [0.29, 0.717) is 11.1 Å². The summed E-state index contributed by atoms with van der Waals surface area (Å²) in [5, 5.41) is 11.9. The van der Waals surface area contributed by atoms with E-state index >= 15 is 0 Å². The number of benzene rings is 1. The molecule has 1 N–H and O–H groups in total. The summed E-state index contributed by atoms with van der Waals surface area (Å²) in [6.07, 6.45) is 2.39. The topological polar surface area (TPSA) is 86.1 Å². The number of likely N-dealkylation sites (tertiary alicyclic amines) is 1. The van der Waals surface area contributed by atoms with E-state index in [1.54, 1.807) is 13.1 Å². The number of nitrogens with one attached hydrogen (secondary N) is 1. The van der Waals surface area contributed by atoms with Crippen LogP contribution in [0.4, 0.5) is 8.78 Å². The number of nitriles is 1. The van der Waals surface area contributed by atoms with Gasteiger partial charge in [0, 0.05) is 24.4 Å². The SMILES string of the molecule is CCC1(C#N)CC(F)(F)CN1C(=O)CNC(=O)c1ccncc1-c1ccccc1. The second-order valence-corrected chi connectivity index (χ2v) is 6.98. The number of amides is 2. The molecule has 2 aromatic rings. The molecule has 2 amide bonds. The Balaban J connectivity index is 1.75. The third-order valence-corrected chi connectivity index (χ3v) is 5.10. The van der Waals surface area contributed by atoms with Gasteiger partial charge in [0.25, 0.3) is 11.8 Å². The van der Waals surface area contributed by atoms with Gasteiger partial charge < -0.3 is 10.2 Å². The molecule has 0 bridgehead atoms. The minimum absolute atomic E-state index is 0.0846. The molecular formula is C21H20F2N4O2. The van der Waals surface area contributed by atoms with Crippen LogP contribution in [0.3, 0.4) is 0 Å². The Morgan fingerprint density at radius 1 is 1.28 bits per heavy atom. The van der Waals surface area contributed by atoms with Crippen LogP contribution in [-0.4, -0.2) is 46.2 Å². The predicted octanol–water partition coefficient (Wildman–Crippen LogP) is 3.02. The zero-order chi connectivity index (χ0) is 21.1. The second-order valence-electron chi connectivity index (χ2n) is 6.98. The Morgan fingerprint density at radius 3 is 2.66 bits per heavy atom. The van der Waals surface area contributed by atoms with Crippen LogP contribution in [0.25, 0.3) is 11.1 Å². The van der Waals surface area contributed by atoms with Crippen LogP contribution in [0.15, 0.2) is 48.8 Å². The first kappa shape index (κ1) is 20.4. The first-order valence-electron chi connectivity index (χ1n) is 9.19. The largest absolute Gasteiger partial charge is 0.343 e. The van der Waals surface area contributed by atoms with Crippen LogP contribution in [0.5, 0.6) is 0 Å².